The van der Waals surface area contributed by atoms with Crippen molar-refractivity contribution in [1.82, 2.24) is 0 Å². The Bertz CT molecular complexity index is 1040. The highest BCUT2D eigenvalue weighted by Gasteiger charge is 2.76. The maximum atomic E-state index is 14.0. The molecule has 2 nitrogen and oxygen atoms in total. The van der Waals surface area contributed by atoms with Crippen molar-refractivity contribution in [2.24, 2.45) is 11.8 Å². The van der Waals surface area contributed by atoms with E-state index in [0.717, 1.165) is 24.0 Å². The van der Waals surface area contributed by atoms with Gasteiger partial charge >= 0.3 is 0 Å². The van der Waals surface area contributed by atoms with Crippen LogP contribution in [0.1, 0.15) is 29.9 Å². The molecule has 0 aromatic heterocycles. The Labute approximate surface area is 160 Å². The third kappa shape index (κ3) is 2.41. The van der Waals surface area contributed by atoms with Crippen molar-refractivity contribution in [3.05, 3.63) is 102 Å². The Morgan fingerprint density at radius 2 is 1.22 bits per heavy atom. The molecule has 3 aromatic carbocycles. The summed E-state index contributed by atoms with van der Waals surface area (Å²) in [5.41, 5.74) is 2.07. The van der Waals surface area contributed by atoms with Gasteiger partial charge in [0.2, 0.25) is 0 Å². The van der Waals surface area contributed by atoms with Gasteiger partial charge in [-0.25, -0.2) is 8.42 Å². The van der Waals surface area contributed by atoms with Gasteiger partial charge in [-0.15, -0.1) is 0 Å². The van der Waals surface area contributed by atoms with Gasteiger partial charge in [-0.3, -0.25) is 0 Å². The van der Waals surface area contributed by atoms with Gasteiger partial charge in [0.25, 0.3) is 0 Å². The first-order chi connectivity index (χ1) is 13.2. The summed E-state index contributed by atoms with van der Waals surface area (Å²) < 4.78 is 27.2. The molecule has 3 aromatic rings. The largest absolute Gasteiger partial charge is 0.223 e. The van der Waals surface area contributed by atoms with Crippen LogP contribution in [0.15, 0.2) is 95.9 Å². The summed E-state index contributed by atoms with van der Waals surface area (Å²) in [6.07, 6.45) is 2.26. The molecule has 136 valence electrons. The molecule has 0 unspecified atom stereocenters. The van der Waals surface area contributed by atoms with Crippen LogP contribution < -0.4 is 0 Å². The van der Waals surface area contributed by atoms with Crippen molar-refractivity contribution < 1.29 is 8.42 Å². The van der Waals surface area contributed by atoms with Crippen molar-refractivity contribution in [1.29, 1.82) is 0 Å². The topological polar surface area (TPSA) is 34.1 Å². The molecular weight excluding hydrogens is 352 g/mol. The minimum atomic E-state index is -3.53. The highest BCUT2D eigenvalue weighted by molar-refractivity contribution is 7.92. The average molecular weight is 375 g/mol. The van der Waals surface area contributed by atoms with Crippen LogP contribution in [0, 0.1) is 11.8 Å². The zero-order chi connectivity index (χ0) is 18.5. The molecule has 0 spiro atoms. The van der Waals surface area contributed by atoms with Gasteiger partial charge in [0.1, 0.15) is 4.75 Å². The fourth-order valence-corrected chi connectivity index (χ4v) is 7.54. The van der Waals surface area contributed by atoms with Crippen LogP contribution in [0.2, 0.25) is 0 Å². The van der Waals surface area contributed by atoms with E-state index in [4.69, 9.17) is 0 Å². The van der Waals surface area contributed by atoms with E-state index in [2.05, 4.69) is 12.1 Å². The minimum absolute atomic E-state index is 0.0128. The molecule has 2 saturated carbocycles. The van der Waals surface area contributed by atoms with Crippen LogP contribution >= 0.6 is 0 Å². The Morgan fingerprint density at radius 1 is 0.704 bits per heavy atom. The Kier molecular flexibility index (Phi) is 3.76. The standard InChI is InChI=1S/C24H22O2S/c25-27(26,21-14-8-3-9-15-21)24(20-12-6-2-7-13-20)22(23(24)19-16-17-19)18-10-4-1-5-11-18/h1-15,19,22-23H,16-17H2/t22-,23-,24+/m0/s1. The van der Waals surface area contributed by atoms with Crippen molar-refractivity contribution in [2.45, 2.75) is 28.4 Å². The van der Waals surface area contributed by atoms with E-state index in [0.29, 0.717) is 10.8 Å². The highest BCUT2D eigenvalue weighted by Crippen LogP contribution is 2.75. The maximum absolute atomic E-state index is 14.0. The minimum Gasteiger partial charge on any atom is -0.223 e. The van der Waals surface area contributed by atoms with Crippen LogP contribution in [-0.4, -0.2) is 8.42 Å². The van der Waals surface area contributed by atoms with Gasteiger partial charge in [-0.05, 0) is 47.9 Å². The lowest BCUT2D eigenvalue weighted by Gasteiger charge is -2.21. The van der Waals surface area contributed by atoms with Gasteiger partial charge in [0.15, 0.2) is 9.84 Å². The second kappa shape index (κ2) is 6.07. The zero-order valence-corrected chi connectivity index (χ0v) is 15.8. The SMILES string of the molecule is O=S(=O)(c1ccccc1)[C@]1(c2ccccc2)[C@@H](c2ccccc2)[C@@H]1C1CC1. The highest BCUT2D eigenvalue weighted by atomic mass is 32.2. The van der Waals surface area contributed by atoms with E-state index in [1.165, 1.54) is 0 Å². The van der Waals surface area contributed by atoms with E-state index in [9.17, 15) is 8.42 Å². The smallest absolute Gasteiger partial charge is 0.189 e. The van der Waals surface area contributed by atoms with Crippen molar-refractivity contribution in [3.8, 4) is 0 Å². The molecule has 0 bridgehead atoms. The monoisotopic (exact) mass is 374 g/mol. The molecule has 2 aliphatic carbocycles. The summed E-state index contributed by atoms with van der Waals surface area (Å²) in [5.74, 6) is 0.653. The maximum Gasteiger partial charge on any atom is 0.189 e. The van der Waals surface area contributed by atoms with Gasteiger partial charge < -0.3 is 0 Å². The molecule has 0 amide bonds. The second-order valence-corrected chi connectivity index (χ2v) is 9.88. The second-order valence-electron chi connectivity index (χ2n) is 7.73. The Morgan fingerprint density at radius 3 is 1.78 bits per heavy atom. The van der Waals surface area contributed by atoms with E-state index < -0.39 is 14.6 Å². The van der Waals surface area contributed by atoms with Gasteiger partial charge in [0, 0.05) is 5.92 Å². The lowest BCUT2D eigenvalue weighted by atomic mass is 10.0. The van der Waals surface area contributed by atoms with Crippen LogP contribution in [0.5, 0.6) is 0 Å². The molecular formula is C24H22O2S. The number of benzene rings is 3. The summed E-state index contributed by atoms with van der Waals surface area (Å²) in [6, 6.07) is 29.1. The first-order valence-electron chi connectivity index (χ1n) is 9.57. The van der Waals surface area contributed by atoms with Crippen LogP contribution in [-0.2, 0) is 14.6 Å². The van der Waals surface area contributed by atoms with Crippen LogP contribution in [0.4, 0.5) is 0 Å². The van der Waals surface area contributed by atoms with Crippen molar-refractivity contribution >= 4 is 9.84 Å². The van der Waals surface area contributed by atoms with Crippen LogP contribution in [0.25, 0.3) is 0 Å². The lowest BCUT2D eigenvalue weighted by Crippen LogP contribution is -2.25. The number of hydrogen-bond donors (Lipinski definition) is 0. The Balaban J connectivity index is 1.76. The molecule has 3 heteroatoms. The number of sulfone groups is 1. The van der Waals surface area contributed by atoms with Gasteiger partial charge in [-0.2, -0.15) is 0 Å². The molecule has 2 fully saturated rings. The first-order valence-corrected chi connectivity index (χ1v) is 11.1. The number of hydrogen-bond acceptors (Lipinski definition) is 2. The van der Waals surface area contributed by atoms with Crippen molar-refractivity contribution in [3.63, 3.8) is 0 Å². The quantitative estimate of drug-likeness (QED) is 0.617. The first kappa shape index (κ1) is 16.8. The molecule has 5 rings (SSSR count). The molecule has 0 radical (unpaired) electrons. The van der Waals surface area contributed by atoms with Gasteiger partial charge in [0.05, 0.1) is 4.90 Å². The van der Waals surface area contributed by atoms with Gasteiger partial charge in [-0.1, -0.05) is 78.9 Å². The lowest BCUT2D eigenvalue weighted by molar-refractivity contribution is 0.561. The van der Waals surface area contributed by atoms with E-state index in [1.807, 2.05) is 66.7 Å². The molecule has 3 atom stereocenters. The van der Waals surface area contributed by atoms with E-state index in [-0.39, 0.29) is 11.8 Å². The predicted octanol–water partition coefficient (Wildman–Crippen LogP) is 5.18. The molecule has 0 heterocycles. The molecule has 0 N–H and O–H groups in total. The summed E-state index contributed by atoms with van der Waals surface area (Å²) in [5, 5.41) is 0. The van der Waals surface area contributed by atoms with E-state index in [1.54, 1.807) is 12.1 Å². The van der Waals surface area contributed by atoms with E-state index >= 15 is 0 Å². The summed E-state index contributed by atoms with van der Waals surface area (Å²) >= 11 is 0. The molecule has 0 aliphatic heterocycles. The summed E-state index contributed by atoms with van der Waals surface area (Å²) in [4.78, 5) is 0.429. The zero-order valence-electron chi connectivity index (χ0n) is 15.0. The normalized spacial score (nSPS) is 27.3. The number of rotatable bonds is 5. The summed E-state index contributed by atoms with van der Waals surface area (Å²) in [7, 11) is -3.53. The molecule has 2 aliphatic rings. The predicted molar refractivity (Wildman–Crippen MR) is 107 cm³/mol. The third-order valence-corrected chi connectivity index (χ3v) is 8.76. The van der Waals surface area contributed by atoms with Crippen LogP contribution in [0.3, 0.4) is 0 Å². The molecule has 0 saturated heterocycles. The molecule has 27 heavy (non-hydrogen) atoms. The fourth-order valence-electron chi connectivity index (χ4n) is 4.95. The third-order valence-electron chi connectivity index (χ3n) is 6.22. The fraction of sp³-hybridized carbons (Fsp3) is 0.250. The van der Waals surface area contributed by atoms with Crippen molar-refractivity contribution in [2.75, 3.05) is 0 Å². The summed E-state index contributed by atoms with van der Waals surface area (Å²) in [6.45, 7) is 0. The Hall–Kier alpha value is -2.39. The average Bonchev–Trinajstić information content (AvgIpc) is 3.63.